The lowest BCUT2D eigenvalue weighted by Crippen LogP contribution is -2.39. The number of aryl methyl sites for hydroxylation is 1. The maximum atomic E-state index is 10.0. The van der Waals surface area contributed by atoms with Crippen molar-refractivity contribution in [2.24, 2.45) is 0 Å². The van der Waals surface area contributed by atoms with E-state index in [2.05, 4.69) is 17.1 Å². The monoisotopic (exact) mass is 341 g/mol. The number of piperidine rings is 1. The van der Waals surface area contributed by atoms with Crippen molar-refractivity contribution < 1.29 is 10.2 Å². The van der Waals surface area contributed by atoms with E-state index in [4.69, 9.17) is 4.98 Å². The zero-order valence-electron chi connectivity index (χ0n) is 14.9. The lowest BCUT2D eigenvalue weighted by Gasteiger charge is -2.33. The number of fused-ring (bicyclic) bond motifs is 2. The Morgan fingerprint density at radius 2 is 1.84 bits per heavy atom. The first-order valence-electron chi connectivity index (χ1n) is 9.52. The van der Waals surface area contributed by atoms with Gasteiger partial charge in [-0.05, 0) is 56.7 Å². The quantitative estimate of drug-likeness (QED) is 0.747. The Balaban J connectivity index is 1.74. The molecule has 2 aromatic rings. The third kappa shape index (κ3) is 3.13. The van der Waals surface area contributed by atoms with Crippen molar-refractivity contribution in [3.63, 3.8) is 0 Å². The van der Waals surface area contributed by atoms with Crippen molar-refractivity contribution in [3.05, 3.63) is 23.4 Å². The smallest absolute Gasteiger partial charge is 0.159 e. The molecule has 4 rings (SSSR count). The maximum Gasteiger partial charge on any atom is 0.159 e. The molecule has 1 aromatic carbocycles. The molecule has 134 valence electrons. The SMILES string of the molecule is CCN1CCC(Nc2c3c(nc4cc(O)c(O)cc24)CCCC3)CC1. The third-order valence-electron chi connectivity index (χ3n) is 5.74. The minimum Gasteiger partial charge on any atom is -0.504 e. The summed E-state index contributed by atoms with van der Waals surface area (Å²) in [6.07, 6.45) is 6.66. The van der Waals surface area contributed by atoms with Gasteiger partial charge >= 0.3 is 0 Å². The first kappa shape index (κ1) is 16.5. The van der Waals surface area contributed by atoms with E-state index in [1.807, 2.05) is 0 Å². The summed E-state index contributed by atoms with van der Waals surface area (Å²) in [6, 6.07) is 3.70. The number of anilines is 1. The molecule has 0 atom stereocenters. The molecule has 1 saturated heterocycles. The molecule has 2 aliphatic rings. The minimum absolute atomic E-state index is 0.0751. The van der Waals surface area contributed by atoms with Crippen LogP contribution in [0.1, 0.15) is 43.9 Å². The molecule has 2 heterocycles. The van der Waals surface area contributed by atoms with E-state index in [1.165, 1.54) is 18.4 Å². The molecular formula is C20H27N3O2. The molecule has 0 unspecified atom stereocenters. The second-order valence-electron chi connectivity index (χ2n) is 7.33. The first-order valence-corrected chi connectivity index (χ1v) is 9.52. The zero-order chi connectivity index (χ0) is 17.4. The number of benzene rings is 1. The van der Waals surface area contributed by atoms with E-state index in [0.717, 1.165) is 67.6 Å². The summed E-state index contributed by atoms with van der Waals surface area (Å²) >= 11 is 0. The molecule has 1 aliphatic heterocycles. The normalized spacial score (nSPS) is 19.1. The van der Waals surface area contributed by atoms with Gasteiger partial charge in [-0.3, -0.25) is 4.98 Å². The Labute approximate surface area is 148 Å². The topological polar surface area (TPSA) is 68.6 Å². The molecule has 1 fully saturated rings. The Hall–Kier alpha value is -2.01. The van der Waals surface area contributed by atoms with E-state index in [1.54, 1.807) is 12.1 Å². The summed E-state index contributed by atoms with van der Waals surface area (Å²) < 4.78 is 0. The number of aromatic nitrogens is 1. The highest BCUT2D eigenvalue weighted by Crippen LogP contribution is 2.38. The highest BCUT2D eigenvalue weighted by atomic mass is 16.3. The molecule has 5 heteroatoms. The van der Waals surface area contributed by atoms with Crippen LogP contribution in [0.2, 0.25) is 0 Å². The third-order valence-corrected chi connectivity index (χ3v) is 5.74. The predicted molar refractivity (Wildman–Crippen MR) is 100 cm³/mol. The van der Waals surface area contributed by atoms with Gasteiger partial charge in [-0.25, -0.2) is 0 Å². The zero-order valence-corrected chi connectivity index (χ0v) is 14.9. The first-order chi connectivity index (χ1) is 12.2. The number of phenols is 2. The van der Waals surface area contributed by atoms with Gasteiger partial charge in [0.25, 0.3) is 0 Å². The molecule has 0 amide bonds. The molecule has 5 nitrogen and oxygen atoms in total. The Morgan fingerprint density at radius 1 is 1.12 bits per heavy atom. The van der Waals surface area contributed by atoms with Crippen molar-refractivity contribution in [1.29, 1.82) is 0 Å². The average molecular weight is 341 g/mol. The average Bonchev–Trinajstić information content (AvgIpc) is 2.64. The summed E-state index contributed by atoms with van der Waals surface area (Å²) in [6.45, 7) is 5.60. The maximum absolute atomic E-state index is 10.0. The summed E-state index contributed by atoms with van der Waals surface area (Å²) in [4.78, 5) is 7.27. The van der Waals surface area contributed by atoms with Gasteiger partial charge in [0.15, 0.2) is 11.5 Å². The molecule has 1 aromatic heterocycles. The molecule has 1 aliphatic carbocycles. The molecule has 0 bridgehead atoms. The van der Waals surface area contributed by atoms with Crippen LogP contribution >= 0.6 is 0 Å². The van der Waals surface area contributed by atoms with Crippen LogP contribution in [0.4, 0.5) is 5.69 Å². The lowest BCUT2D eigenvalue weighted by molar-refractivity contribution is 0.229. The molecular weight excluding hydrogens is 314 g/mol. The second-order valence-corrected chi connectivity index (χ2v) is 7.33. The molecule has 0 saturated carbocycles. The summed E-state index contributed by atoms with van der Waals surface area (Å²) in [5, 5.41) is 24.6. The fraction of sp³-hybridized carbons (Fsp3) is 0.550. The number of pyridine rings is 1. The van der Waals surface area contributed by atoms with Crippen LogP contribution in [0.25, 0.3) is 10.9 Å². The van der Waals surface area contributed by atoms with E-state index >= 15 is 0 Å². The molecule has 3 N–H and O–H groups in total. The fourth-order valence-corrected chi connectivity index (χ4v) is 4.21. The van der Waals surface area contributed by atoms with Crippen molar-refractivity contribution in [3.8, 4) is 11.5 Å². The number of hydrogen-bond acceptors (Lipinski definition) is 5. The predicted octanol–water partition coefficient (Wildman–Crippen LogP) is 3.42. The number of nitrogens with one attached hydrogen (secondary N) is 1. The van der Waals surface area contributed by atoms with Gasteiger partial charge in [-0.1, -0.05) is 6.92 Å². The number of aromatic hydroxyl groups is 2. The summed E-state index contributed by atoms with van der Waals surface area (Å²) in [5.41, 5.74) is 4.36. The number of likely N-dealkylation sites (tertiary alicyclic amines) is 1. The highest BCUT2D eigenvalue weighted by Gasteiger charge is 2.23. The highest BCUT2D eigenvalue weighted by molar-refractivity contribution is 5.95. The molecule has 0 spiro atoms. The van der Waals surface area contributed by atoms with Gasteiger partial charge in [0.05, 0.1) is 5.52 Å². The van der Waals surface area contributed by atoms with Crippen molar-refractivity contribution in [2.45, 2.75) is 51.5 Å². The number of hydrogen-bond donors (Lipinski definition) is 3. The van der Waals surface area contributed by atoms with Crippen LogP contribution in [0.5, 0.6) is 11.5 Å². The van der Waals surface area contributed by atoms with E-state index in [0.29, 0.717) is 6.04 Å². The Bertz CT molecular complexity index is 782. The van der Waals surface area contributed by atoms with E-state index in [9.17, 15) is 10.2 Å². The van der Waals surface area contributed by atoms with E-state index < -0.39 is 0 Å². The van der Waals surface area contributed by atoms with Crippen LogP contribution in [0.15, 0.2) is 12.1 Å². The van der Waals surface area contributed by atoms with Crippen LogP contribution in [-0.2, 0) is 12.8 Å². The van der Waals surface area contributed by atoms with Crippen LogP contribution in [0.3, 0.4) is 0 Å². The van der Waals surface area contributed by atoms with Gasteiger partial charge in [-0.15, -0.1) is 0 Å². The van der Waals surface area contributed by atoms with Gasteiger partial charge in [0.1, 0.15) is 0 Å². The Morgan fingerprint density at radius 3 is 2.60 bits per heavy atom. The second kappa shape index (κ2) is 6.71. The van der Waals surface area contributed by atoms with Crippen LogP contribution in [0, 0.1) is 0 Å². The summed E-state index contributed by atoms with van der Waals surface area (Å²) in [7, 11) is 0. The largest absolute Gasteiger partial charge is 0.504 e. The standard InChI is InChI=1S/C20H27N3O2/c1-2-23-9-7-13(8-10-23)21-20-14-5-3-4-6-16(14)22-17-12-19(25)18(24)11-15(17)20/h11-13,24-25H,2-10H2,1H3,(H,21,22). The number of phenolic OH excluding ortho intramolecular Hbond substituents is 2. The van der Waals surface area contributed by atoms with Crippen molar-refractivity contribution in [2.75, 3.05) is 25.0 Å². The molecule has 0 radical (unpaired) electrons. The van der Waals surface area contributed by atoms with Gasteiger partial charge < -0.3 is 20.4 Å². The van der Waals surface area contributed by atoms with Crippen molar-refractivity contribution in [1.82, 2.24) is 9.88 Å². The van der Waals surface area contributed by atoms with Crippen LogP contribution in [-0.4, -0.2) is 45.8 Å². The lowest BCUT2D eigenvalue weighted by atomic mass is 9.91. The van der Waals surface area contributed by atoms with Gasteiger partial charge in [0.2, 0.25) is 0 Å². The molecule has 25 heavy (non-hydrogen) atoms. The fourth-order valence-electron chi connectivity index (χ4n) is 4.21. The van der Waals surface area contributed by atoms with Crippen molar-refractivity contribution >= 4 is 16.6 Å². The Kier molecular flexibility index (Phi) is 4.42. The van der Waals surface area contributed by atoms with Crippen LogP contribution < -0.4 is 5.32 Å². The number of rotatable bonds is 3. The van der Waals surface area contributed by atoms with Gasteiger partial charge in [-0.2, -0.15) is 0 Å². The minimum atomic E-state index is -0.0991. The summed E-state index contributed by atoms with van der Waals surface area (Å²) in [5.74, 6) is -0.174. The number of nitrogens with zero attached hydrogens (tertiary/aromatic N) is 2. The van der Waals surface area contributed by atoms with E-state index in [-0.39, 0.29) is 11.5 Å². The van der Waals surface area contributed by atoms with Gasteiger partial charge in [0, 0.05) is 42.0 Å².